The zero-order valence-corrected chi connectivity index (χ0v) is 15.3. The summed E-state index contributed by atoms with van der Waals surface area (Å²) in [5.74, 6) is -0.0486. The molecule has 1 amide bonds. The number of carbonyl (C=O) groups is 1. The number of likely N-dealkylation sites (tertiary alicyclic amines) is 1. The van der Waals surface area contributed by atoms with E-state index in [2.05, 4.69) is 0 Å². The van der Waals surface area contributed by atoms with Crippen LogP contribution in [0.3, 0.4) is 0 Å². The van der Waals surface area contributed by atoms with Crippen molar-refractivity contribution in [3.05, 3.63) is 35.1 Å². The molecule has 0 spiro atoms. The van der Waals surface area contributed by atoms with E-state index >= 15 is 0 Å². The normalized spacial score (nSPS) is 16.1. The van der Waals surface area contributed by atoms with Gasteiger partial charge in [-0.1, -0.05) is 18.2 Å². The number of halogens is 1. The number of hydrogen-bond donors (Lipinski definition) is 1. The Hall–Kier alpha value is -1.66. The lowest BCUT2D eigenvalue weighted by Gasteiger charge is -2.33. The number of amides is 1. The Balaban J connectivity index is 1.73. The number of benzene rings is 1. The molecule has 1 N–H and O–H groups in total. The van der Waals surface area contributed by atoms with Crippen LogP contribution in [-0.4, -0.2) is 41.4 Å². The van der Waals surface area contributed by atoms with E-state index in [4.69, 9.17) is 14.6 Å². The summed E-state index contributed by atoms with van der Waals surface area (Å²) in [6, 6.07) is 4.94. The number of nitrogens with zero attached hydrogens (tertiary/aromatic N) is 1. The Morgan fingerprint density at radius 1 is 1.28 bits per heavy atom. The molecule has 0 atom stereocenters. The molecule has 0 bridgehead atoms. The Bertz CT molecular complexity index is 577. The van der Waals surface area contributed by atoms with Crippen LogP contribution in [0, 0.1) is 11.7 Å². The van der Waals surface area contributed by atoms with Gasteiger partial charge in [-0.2, -0.15) is 0 Å². The van der Waals surface area contributed by atoms with Gasteiger partial charge in [0.25, 0.3) is 0 Å². The molecular weight excluding hydrogens is 325 g/mol. The number of ether oxygens (including phenoxy) is 2. The summed E-state index contributed by atoms with van der Waals surface area (Å²) in [7, 11) is 0. The second kappa shape index (κ2) is 8.63. The lowest BCUT2D eigenvalue weighted by molar-refractivity contribution is 0.0103. The molecule has 2 rings (SSSR count). The van der Waals surface area contributed by atoms with E-state index in [1.54, 1.807) is 23.1 Å². The number of carbonyl (C=O) groups excluding carboxylic acids is 1. The van der Waals surface area contributed by atoms with Gasteiger partial charge in [0.2, 0.25) is 0 Å². The number of piperidine rings is 1. The fourth-order valence-electron chi connectivity index (χ4n) is 2.81. The first kappa shape index (κ1) is 19.7. The van der Waals surface area contributed by atoms with Gasteiger partial charge in [0.05, 0.1) is 13.2 Å². The third kappa shape index (κ3) is 5.97. The molecule has 1 heterocycles. The molecule has 140 valence electrons. The van der Waals surface area contributed by atoms with Crippen LogP contribution in [0.2, 0.25) is 0 Å². The van der Waals surface area contributed by atoms with Crippen LogP contribution in [0.5, 0.6) is 0 Å². The van der Waals surface area contributed by atoms with Gasteiger partial charge < -0.3 is 19.5 Å². The maximum Gasteiger partial charge on any atom is 0.410 e. The van der Waals surface area contributed by atoms with Crippen LogP contribution in [0.25, 0.3) is 0 Å². The lowest BCUT2D eigenvalue weighted by Crippen LogP contribution is -2.42. The topological polar surface area (TPSA) is 59.0 Å². The van der Waals surface area contributed by atoms with Crippen molar-refractivity contribution < 1.29 is 23.8 Å². The first-order valence-electron chi connectivity index (χ1n) is 8.73. The van der Waals surface area contributed by atoms with Gasteiger partial charge in [-0.3, -0.25) is 0 Å². The molecule has 5 nitrogen and oxygen atoms in total. The van der Waals surface area contributed by atoms with Crippen molar-refractivity contribution in [1.82, 2.24) is 4.90 Å². The van der Waals surface area contributed by atoms with Crippen molar-refractivity contribution in [2.75, 3.05) is 19.7 Å². The maximum absolute atomic E-state index is 14.0. The molecule has 0 saturated carbocycles. The third-order valence-electron chi connectivity index (χ3n) is 4.21. The van der Waals surface area contributed by atoms with E-state index in [1.165, 1.54) is 0 Å². The van der Waals surface area contributed by atoms with Crippen LogP contribution < -0.4 is 0 Å². The average Bonchev–Trinajstić information content (AvgIpc) is 2.55. The summed E-state index contributed by atoms with van der Waals surface area (Å²) in [6.45, 7) is 7.28. The Morgan fingerprint density at radius 3 is 2.52 bits per heavy atom. The van der Waals surface area contributed by atoms with Crippen molar-refractivity contribution in [2.24, 2.45) is 5.92 Å². The van der Waals surface area contributed by atoms with Crippen LogP contribution in [-0.2, 0) is 22.7 Å². The van der Waals surface area contributed by atoms with Gasteiger partial charge >= 0.3 is 6.09 Å². The first-order valence-corrected chi connectivity index (χ1v) is 8.73. The highest BCUT2D eigenvalue weighted by molar-refractivity contribution is 5.68. The van der Waals surface area contributed by atoms with Gasteiger partial charge in [0.1, 0.15) is 11.4 Å². The van der Waals surface area contributed by atoms with Crippen LogP contribution in [0.15, 0.2) is 18.2 Å². The lowest BCUT2D eigenvalue weighted by atomic mass is 9.98. The molecule has 0 unspecified atom stereocenters. The summed E-state index contributed by atoms with van der Waals surface area (Å²) in [4.78, 5) is 13.8. The van der Waals surface area contributed by atoms with E-state index in [-0.39, 0.29) is 24.9 Å². The van der Waals surface area contributed by atoms with Gasteiger partial charge in [0.15, 0.2) is 0 Å². The number of hydrogen-bond acceptors (Lipinski definition) is 4. The zero-order chi connectivity index (χ0) is 18.4. The molecule has 1 aliphatic rings. The molecule has 1 aliphatic heterocycles. The highest BCUT2D eigenvalue weighted by Gasteiger charge is 2.26. The van der Waals surface area contributed by atoms with E-state index in [0.29, 0.717) is 31.2 Å². The predicted octanol–water partition coefficient (Wildman–Crippen LogP) is 3.48. The minimum atomic E-state index is -0.482. The highest BCUT2D eigenvalue weighted by atomic mass is 19.1. The maximum atomic E-state index is 14.0. The Labute approximate surface area is 148 Å². The molecule has 0 aromatic heterocycles. The van der Waals surface area contributed by atoms with E-state index < -0.39 is 11.4 Å². The van der Waals surface area contributed by atoms with Crippen molar-refractivity contribution >= 4 is 6.09 Å². The molecule has 25 heavy (non-hydrogen) atoms. The number of aliphatic hydroxyl groups is 1. The molecule has 1 aromatic rings. The summed E-state index contributed by atoms with van der Waals surface area (Å²) < 4.78 is 25.1. The SMILES string of the molecule is CC(C)(C)OC(=O)N1CCC(COCc2cccc(CO)c2F)CC1. The van der Waals surface area contributed by atoms with Crippen molar-refractivity contribution in [2.45, 2.75) is 52.4 Å². The molecular formula is C19H28FNO4. The summed E-state index contributed by atoms with van der Waals surface area (Å²) in [5, 5.41) is 9.09. The smallest absolute Gasteiger partial charge is 0.410 e. The molecule has 0 radical (unpaired) electrons. The fraction of sp³-hybridized carbons (Fsp3) is 0.632. The van der Waals surface area contributed by atoms with Gasteiger partial charge in [-0.25, -0.2) is 9.18 Å². The quantitative estimate of drug-likeness (QED) is 0.880. The van der Waals surface area contributed by atoms with Crippen LogP contribution in [0.1, 0.15) is 44.7 Å². The average molecular weight is 353 g/mol. The zero-order valence-electron chi connectivity index (χ0n) is 15.3. The first-order chi connectivity index (χ1) is 11.8. The Kier molecular flexibility index (Phi) is 6.79. The summed E-state index contributed by atoms with van der Waals surface area (Å²) >= 11 is 0. The fourth-order valence-corrected chi connectivity index (χ4v) is 2.81. The van der Waals surface area contributed by atoms with E-state index in [9.17, 15) is 9.18 Å². The third-order valence-corrected chi connectivity index (χ3v) is 4.21. The van der Waals surface area contributed by atoms with Gasteiger partial charge in [-0.15, -0.1) is 0 Å². The van der Waals surface area contributed by atoms with Crippen LogP contribution in [0.4, 0.5) is 9.18 Å². The molecule has 0 aliphatic carbocycles. The molecule has 6 heteroatoms. The second-order valence-corrected chi connectivity index (χ2v) is 7.47. The number of rotatable bonds is 5. The predicted molar refractivity (Wildman–Crippen MR) is 92.5 cm³/mol. The van der Waals surface area contributed by atoms with Gasteiger partial charge in [-0.05, 0) is 39.5 Å². The van der Waals surface area contributed by atoms with Crippen molar-refractivity contribution in [1.29, 1.82) is 0 Å². The molecule has 1 fully saturated rings. The minimum Gasteiger partial charge on any atom is -0.444 e. The van der Waals surface area contributed by atoms with E-state index in [1.807, 2.05) is 20.8 Å². The molecule has 1 aromatic carbocycles. The van der Waals surface area contributed by atoms with Gasteiger partial charge in [0, 0.05) is 30.8 Å². The summed E-state index contributed by atoms with van der Waals surface area (Å²) in [6.07, 6.45) is 1.42. The minimum absolute atomic E-state index is 0.186. The standard InChI is InChI=1S/C19H28FNO4/c1-19(2,3)25-18(23)21-9-7-14(8-10-21)12-24-13-16-6-4-5-15(11-22)17(16)20/h4-6,14,22H,7-13H2,1-3H3. The number of aliphatic hydroxyl groups excluding tert-OH is 1. The van der Waals surface area contributed by atoms with Crippen molar-refractivity contribution in [3.63, 3.8) is 0 Å². The monoisotopic (exact) mass is 353 g/mol. The second-order valence-electron chi connectivity index (χ2n) is 7.47. The Morgan fingerprint density at radius 2 is 1.92 bits per heavy atom. The molecule has 1 saturated heterocycles. The highest BCUT2D eigenvalue weighted by Crippen LogP contribution is 2.21. The summed E-state index contributed by atoms with van der Waals surface area (Å²) in [5.41, 5.74) is 0.258. The van der Waals surface area contributed by atoms with Crippen LogP contribution >= 0.6 is 0 Å². The van der Waals surface area contributed by atoms with E-state index in [0.717, 1.165) is 12.8 Å². The van der Waals surface area contributed by atoms with Crippen molar-refractivity contribution in [3.8, 4) is 0 Å². The largest absolute Gasteiger partial charge is 0.444 e.